The monoisotopic (exact) mass is 392 g/mol. The molecule has 0 saturated carbocycles. The molecule has 6 nitrogen and oxygen atoms in total. The van der Waals surface area contributed by atoms with E-state index >= 15 is 0 Å². The van der Waals surface area contributed by atoms with Gasteiger partial charge in [-0.2, -0.15) is 0 Å². The van der Waals surface area contributed by atoms with Gasteiger partial charge in [0.15, 0.2) is 0 Å². The number of methoxy groups -OCH3 is 1. The molecule has 0 bridgehead atoms. The van der Waals surface area contributed by atoms with Crippen LogP contribution in [0.4, 0.5) is 0 Å². The molecule has 3 aromatic rings. The number of halogens is 2. The predicted octanol–water partition coefficient (Wildman–Crippen LogP) is 4.39. The number of aromatic nitrogens is 2. The fourth-order valence-electron chi connectivity index (χ4n) is 2.33. The number of aromatic amines is 1. The number of hydrogen-bond donors (Lipinski definition) is 2. The van der Waals surface area contributed by atoms with Gasteiger partial charge < -0.3 is 19.6 Å². The maximum absolute atomic E-state index is 12.2. The molecule has 0 saturated heterocycles. The number of benzene rings is 2. The second-order valence-corrected chi connectivity index (χ2v) is 6.12. The molecule has 2 aromatic carbocycles. The number of ether oxygens (including phenoxy) is 2. The van der Waals surface area contributed by atoms with Crippen LogP contribution in [-0.4, -0.2) is 34.8 Å². The van der Waals surface area contributed by atoms with Gasteiger partial charge in [-0.1, -0.05) is 35.3 Å². The Labute approximate surface area is 159 Å². The lowest BCUT2D eigenvalue weighted by Gasteiger charge is -2.10. The van der Waals surface area contributed by atoms with Crippen LogP contribution in [0.2, 0.25) is 10.0 Å². The van der Waals surface area contributed by atoms with Gasteiger partial charge in [-0.15, -0.1) is 0 Å². The van der Waals surface area contributed by atoms with Crippen molar-refractivity contribution >= 4 is 45.8 Å². The second kappa shape index (κ2) is 7.68. The summed E-state index contributed by atoms with van der Waals surface area (Å²) in [5.74, 6) is -0.648. The van der Waals surface area contributed by atoms with Crippen LogP contribution in [0.5, 0.6) is 5.75 Å². The summed E-state index contributed by atoms with van der Waals surface area (Å²) in [6.07, 6.45) is 0. The average Bonchev–Trinajstić information content (AvgIpc) is 3.05. The van der Waals surface area contributed by atoms with Crippen LogP contribution >= 0.6 is 23.2 Å². The largest absolute Gasteiger partial charge is 0.508 e. The van der Waals surface area contributed by atoms with E-state index in [4.69, 9.17) is 32.7 Å². The molecule has 0 spiro atoms. The molecule has 0 amide bonds. The molecular formula is C18H14Cl2N2O4. The molecule has 0 radical (unpaired) electrons. The van der Waals surface area contributed by atoms with E-state index in [-0.39, 0.29) is 29.5 Å². The first-order valence-corrected chi connectivity index (χ1v) is 8.28. The van der Waals surface area contributed by atoms with E-state index in [2.05, 4.69) is 9.97 Å². The van der Waals surface area contributed by atoms with Crippen LogP contribution in [-0.2, 0) is 9.53 Å². The number of aliphatic hydroxyl groups is 1. The van der Waals surface area contributed by atoms with Gasteiger partial charge in [0.25, 0.3) is 0 Å². The maximum atomic E-state index is 12.2. The lowest BCUT2D eigenvalue weighted by atomic mass is 10.2. The summed E-state index contributed by atoms with van der Waals surface area (Å²) in [6, 6.07) is 11.9. The van der Waals surface area contributed by atoms with Crippen molar-refractivity contribution in [3.05, 3.63) is 64.1 Å². The third kappa shape index (κ3) is 3.76. The summed E-state index contributed by atoms with van der Waals surface area (Å²) in [5.41, 5.74) is 1.24. The van der Waals surface area contributed by atoms with Crippen LogP contribution in [0, 0.1) is 0 Å². The van der Waals surface area contributed by atoms with E-state index in [0.29, 0.717) is 15.6 Å². The van der Waals surface area contributed by atoms with E-state index in [1.54, 1.807) is 24.3 Å². The highest BCUT2D eigenvalue weighted by molar-refractivity contribution is 6.34. The first-order valence-electron chi connectivity index (χ1n) is 7.53. The SMILES string of the molecule is COC(=O)/C(=C(/O)COc1cc(Cl)ccc1Cl)c1nc2ccccc2[nH]1. The summed E-state index contributed by atoms with van der Waals surface area (Å²) in [4.78, 5) is 19.5. The Morgan fingerprint density at radius 2 is 2.00 bits per heavy atom. The number of para-hydroxylation sites is 2. The van der Waals surface area contributed by atoms with Crippen molar-refractivity contribution in [1.82, 2.24) is 9.97 Å². The molecule has 2 N–H and O–H groups in total. The van der Waals surface area contributed by atoms with Gasteiger partial charge in [-0.3, -0.25) is 0 Å². The van der Waals surface area contributed by atoms with Gasteiger partial charge >= 0.3 is 5.97 Å². The molecule has 1 heterocycles. The molecule has 1 aromatic heterocycles. The van der Waals surface area contributed by atoms with Crippen LogP contribution in [0.25, 0.3) is 16.6 Å². The Balaban J connectivity index is 1.95. The highest BCUT2D eigenvalue weighted by Crippen LogP contribution is 2.28. The Morgan fingerprint density at radius 3 is 2.73 bits per heavy atom. The minimum Gasteiger partial charge on any atom is -0.508 e. The number of H-pyrrole nitrogens is 1. The third-order valence-electron chi connectivity index (χ3n) is 3.56. The van der Waals surface area contributed by atoms with Crippen LogP contribution in [0.1, 0.15) is 5.82 Å². The topological polar surface area (TPSA) is 84.4 Å². The number of nitrogens with one attached hydrogen (secondary N) is 1. The highest BCUT2D eigenvalue weighted by Gasteiger charge is 2.22. The molecule has 0 aliphatic carbocycles. The van der Waals surface area contributed by atoms with Crippen molar-refractivity contribution < 1.29 is 19.4 Å². The number of hydrogen-bond acceptors (Lipinski definition) is 5. The van der Waals surface area contributed by atoms with Crippen molar-refractivity contribution in [2.24, 2.45) is 0 Å². The lowest BCUT2D eigenvalue weighted by molar-refractivity contribution is -0.133. The summed E-state index contributed by atoms with van der Waals surface area (Å²) in [7, 11) is 1.22. The molecule has 0 atom stereocenters. The van der Waals surface area contributed by atoms with Crippen molar-refractivity contribution in [3.63, 3.8) is 0 Å². The van der Waals surface area contributed by atoms with Gasteiger partial charge in [0.05, 0.1) is 23.2 Å². The Bertz CT molecular complexity index is 965. The van der Waals surface area contributed by atoms with Gasteiger partial charge in [-0.05, 0) is 24.3 Å². The minimum absolute atomic E-state index is 0.123. The first-order chi connectivity index (χ1) is 12.5. The van der Waals surface area contributed by atoms with Crippen LogP contribution in [0.3, 0.4) is 0 Å². The van der Waals surface area contributed by atoms with Crippen molar-refractivity contribution in [2.75, 3.05) is 13.7 Å². The lowest BCUT2D eigenvalue weighted by Crippen LogP contribution is -2.12. The number of carbonyl (C=O) groups excluding carboxylic acids is 1. The number of nitrogens with zero attached hydrogens (tertiary/aromatic N) is 1. The van der Waals surface area contributed by atoms with E-state index in [0.717, 1.165) is 5.52 Å². The third-order valence-corrected chi connectivity index (χ3v) is 4.11. The minimum atomic E-state index is -0.748. The summed E-state index contributed by atoms with van der Waals surface area (Å²) < 4.78 is 10.2. The maximum Gasteiger partial charge on any atom is 0.345 e. The zero-order valence-electron chi connectivity index (χ0n) is 13.6. The number of carbonyl (C=O) groups is 1. The molecule has 0 aliphatic rings. The van der Waals surface area contributed by atoms with Crippen LogP contribution in [0.15, 0.2) is 48.2 Å². The zero-order valence-corrected chi connectivity index (χ0v) is 15.1. The first kappa shape index (κ1) is 18.1. The highest BCUT2D eigenvalue weighted by atomic mass is 35.5. The van der Waals surface area contributed by atoms with E-state index in [1.807, 2.05) is 12.1 Å². The van der Waals surface area contributed by atoms with E-state index in [9.17, 15) is 9.90 Å². The zero-order chi connectivity index (χ0) is 18.7. The Morgan fingerprint density at radius 1 is 1.23 bits per heavy atom. The number of fused-ring (bicyclic) bond motifs is 1. The molecule has 26 heavy (non-hydrogen) atoms. The second-order valence-electron chi connectivity index (χ2n) is 5.28. The van der Waals surface area contributed by atoms with Crippen molar-refractivity contribution in [2.45, 2.75) is 0 Å². The molecular weight excluding hydrogens is 379 g/mol. The molecule has 0 unspecified atom stereocenters. The average molecular weight is 393 g/mol. The Hall–Kier alpha value is -2.70. The fraction of sp³-hybridized carbons (Fsp3) is 0.111. The number of aliphatic hydroxyl groups excluding tert-OH is 1. The molecule has 0 fully saturated rings. The normalized spacial score (nSPS) is 12.0. The van der Waals surface area contributed by atoms with E-state index in [1.165, 1.54) is 13.2 Å². The van der Waals surface area contributed by atoms with Gasteiger partial charge in [0.2, 0.25) is 0 Å². The number of imidazole rings is 1. The number of esters is 1. The van der Waals surface area contributed by atoms with Gasteiger partial charge in [0.1, 0.15) is 29.5 Å². The predicted molar refractivity (Wildman–Crippen MR) is 99.6 cm³/mol. The van der Waals surface area contributed by atoms with Crippen LogP contribution < -0.4 is 4.74 Å². The summed E-state index contributed by atoms with van der Waals surface area (Å²) >= 11 is 11.9. The van der Waals surface area contributed by atoms with Gasteiger partial charge in [0, 0.05) is 11.1 Å². The molecule has 3 rings (SSSR count). The quantitative estimate of drug-likeness (QED) is 0.382. The Kier molecular flexibility index (Phi) is 5.35. The molecule has 8 heteroatoms. The standard InChI is InChI=1S/C18H14Cl2N2O4/c1-25-18(24)16(17-21-12-4-2-3-5-13(12)22-17)14(23)9-26-15-8-10(19)6-7-11(15)20/h2-8,23H,9H2,1H3,(H,21,22)/b16-14+. The summed E-state index contributed by atoms with van der Waals surface area (Å²) in [6.45, 7) is -0.318. The summed E-state index contributed by atoms with van der Waals surface area (Å²) in [5, 5.41) is 11.2. The molecule has 134 valence electrons. The van der Waals surface area contributed by atoms with Gasteiger partial charge in [-0.25, -0.2) is 9.78 Å². The number of rotatable bonds is 5. The smallest absolute Gasteiger partial charge is 0.345 e. The van der Waals surface area contributed by atoms with Crippen molar-refractivity contribution in [3.8, 4) is 5.75 Å². The fourth-order valence-corrected chi connectivity index (χ4v) is 2.66. The van der Waals surface area contributed by atoms with Crippen molar-refractivity contribution in [1.29, 1.82) is 0 Å². The molecule has 0 aliphatic heterocycles. The van der Waals surface area contributed by atoms with E-state index < -0.39 is 5.97 Å².